The summed E-state index contributed by atoms with van der Waals surface area (Å²) in [6.45, 7) is 6.72. The molecule has 4 aliphatic rings. The molecule has 3 aliphatic heterocycles. The maximum atomic E-state index is 15.5. The van der Waals surface area contributed by atoms with Gasteiger partial charge in [-0.25, -0.2) is 13.6 Å². The van der Waals surface area contributed by atoms with Gasteiger partial charge in [-0.1, -0.05) is 6.92 Å². The highest BCUT2D eigenvalue weighted by Crippen LogP contribution is 2.44. The van der Waals surface area contributed by atoms with Crippen LogP contribution in [0.4, 0.5) is 15.8 Å². The lowest BCUT2D eigenvalue weighted by Gasteiger charge is -2.35. The summed E-state index contributed by atoms with van der Waals surface area (Å²) in [5, 5.41) is 1.70. The van der Waals surface area contributed by atoms with Crippen LogP contribution in [0.15, 0.2) is 36.5 Å². The Bertz CT molecular complexity index is 1360. The van der Waals surface area contributed by atoms with Crippen molar-refractivity contribution < 1.29 is 13.2 Å². The van der Waals surface area contributed by atoms with Gasteiger partial charge in [0, 0.05) is 60.4 Å². The van der Waals surface area contributed by atoms with Gasteiger partial charge in [0.1, 0.15) is 5.82 Å². The van der Waals surface area contributed by atoms with E-state index in [1.165, 1.54) is 0 Å². The second kappa shape index (κ2) is 7.93. The third-order valence-corrected chi connectivity index (χ3v) is 7.36. The van der Waals surface area contributed by atoms with Crippen molar-refractivity contribution in [3.05, 3.63) is 42.3 Å². The molecule has 1 atom stereocenters. The highest BCUT2D eigenvalue weighted by atomic mass is 32.2. The van der Waals surface area contributed by atoms with E-state index in [1.807, 2.05) is 18.2 Å². The van der Waals surface area contributed by atoms with Crippen molar-refractivity contribution in [1.29, 1.82) is 0 Å². The lowest BCUT2D eigenvalue weighted by Crippen LogP contribution is -2.46. The van der Waals surface area contributed by atoms with Gasteiger partial charge < -0.3 is 14.4 Å². The zero-order valence-electron chi connectivity index (χ0n) is 18.4. The molecule has 1 saturated heterocycles. The minimum absolute atomic E-state index is 0.215. The summed E-state index contributed by atoms with van der Waals surface area (Å²) in [5.41, 5.74) is 4.70. The highest BCUT2D eigenvalue weighted by Gasteiger charge is 2.29. The van der Waals surface area contributed by atoms with Crippen LogP contribution >= 0.6 is 0 Å². The Labute approximate surface area is 193 Å². The molecule has 9 heteroatoms. The Hall–Kier alpha value is -2.75. The number of piperazine rings is 1. The van der Waals surface area contributed by atoms with Crippen LogP contribution < -0.4 is 9.62 Å². The van der Waals surface area contributed by atoms with Gasteiger partial charge in [-0.3, -0.25) is 9.27 Å². The Morgan fingerprint density at radius 3 is 2.64 bits per heavy atom. The number of rotatable bonds is 5. The molecule has 2 aromatic rings. The van der Waals surface area contributed by atoms with E-state index in [4.69, 9.17) is 4.98 Å². The number of fused-ring (bicyclic) bond motifs is 5. The molecule has 33 heavy (non-hydrogen) atoms. The molecule has 2 N–H and O–H groups in total. The zero-order chi connectivity index (χ0) is 22.7. The van der Waals surface area contributed by atoms with E-state index in [9.17, 15) is 8.76 Å². The molecule has 172 valence electrons. The van der Waals surface area contributed by atoms with Crippen molar-refractivity contribution >= 4 is 44.4 Å². The van der Waals surface area contributed by atoms with Crippen LogP contribution in [0.5, 0.6) is 0 Å². The molecule has 0 spiro atoms. The summed E-state index contributed by atoms with van der Waals surface area (Å²) in [5.74, 6) is -0.215. The topological polar surface area (TPSA) is 73.6 Å². The number of benzene rings is 2. The molecule has 1 unspecified atom stereocenters. The number of nitrogens with one attached hydrogen (secondary N) is 1. The van der Waals surface area contributed by atoms with Crippen LogP contribution in [-0.2, 0) is 11.3 Å². The lowest BCUT2D eigenvalue weighted by molar-refractivity contribution is 0.270. The monoisotopic (exact) mass is 467 g/mol. The Balaban J connectivity index is 1.52. The van der Waals surface area contributed by atoms with E-state index in [0.29, 0.717) is 17.4 Å². The first-order valence-electron chi connectivity index (χ1n) is 11.4. The second-order valence-electron chi connectivity index (χ2n) is 8.97. The summed E-state index contributed by atoms with van der Waals surface area (Å²) in [6.07, 6.45) is 4.34. The van der Waals surface area contributed by atoms with Gasteiger partial charge in [0.15, 0.2) is 0 Å². The molecule has 0 bridgehead atoms. The van der Waals surface area contributed by atoms with E-state index in [1.54, 1.807) is 12.1 Å². The molecular formula is C24H26FN5O2S. The first kappa shape index (κ1) is 20.8. The largest absolute Gasteiger partial charge is 0.367 e. The molecular weight excluding hydrogens is 441 g/mol. The molecule has 0 aromatic heterocycles. The smallest absolute Gasteiger partial charge is 0.259 e. The summed E-state index contributed by atoms with van der Waals surface area (Å²) in [6, 6.07) is 9.45. The van der Waals surface area contributed by atoms with Gasteiger partial charge in [-0.15, -0.1) is 0 Å². The van der Waals surface area contributed by atoms with E-state index in [0.717, 1.165) is 78.6 Å². The maximum absolute atomic E-state index is 15.5. The highest BCUT2D eigenvalue weighted by molar-refractivity contribution is 7.80. The van der Waals surface area contributed by atoms with E-state index >= 15 is 4.39 Å². The van der Waals surface area contributed by atoms with Gasteiger partial charge in [0.2, 0.25) is 0 Å². The van der Waals surface area contributed by atoms with Crippen molar-refractivity contribution in [2.24, 2.45) is 0 Å². The zero-order valence-corrected chi connectivity index (χ0v) is 19.2. The van der Waals surface area contributed by atoms with Crippen molar-refractivity contribution in [2.75, 3.05) is 42.3 Å². The second-order valence-corrected chi connectivity index (χ2v) is 9.67. The van der Waals surface area contributed by atoms with Crippen LogP contribution in [0.2, 0.25) is 0 Å². The quantitative estimate of drug-likeness (QED) is 0.424. The Kier molecular flexibility index (Phi) is 5.01. The van der Waals surface area contributed by atoms with Crippen molar-refractivity contribution in [3.8, 4) is 11.3 Å². The maximum Gasteiger partial charge on any atom is 0.259 e. The molecule has 0 amide bonds. The lowest BCUT2D eigenvalue weighted by atomic mass is 10.0. The van der Waals surface area contributed by atoms with E-state index < -0.39 is 11.3 Å². The minimum atomic E-state index is -2.15. The number of anilines is 2. The summed E-state index contributed by atoms with van der Waals surface area (Å²) < 4.78 is 40.6. The summed E-state index contributed by atoms with van der Waals surface area (Å²) in [4.78, 5) is 9.37. The van der Waals surface area contributed by atoms with E-state index in [2.05, 4.69) is 32.2 Å². The van der Waals surface area contributed by atoms with Crippen molar-refractivity contribution in [3.63, 3.8) is 0 Å². The fourth-order valence-electron chi connectivity index (χ4n) is 5.02. The first-order chi connectivity index (χ1) is 16.0. The molecule has 1 saturated carbocycles. The van der Waals surface area contributed by atoms with Gasteiger partial charge in [0.25, 0.3) is 11.3 Å². The number of pyridine rings is 1. The molecule has 0 radical (unpaired) electrons. The van der Waals surface area contributed by atoms with Crippen molar-refractivity contribution in [2.45, 2.75) is 25.8 Å². The summed E-state index contributed by atoms with van der Waals surface area (Å²) in [7, 11) is 0. The standard InChI is InChI=1S/C24H26FN5O2S/c1-2-28-7-9-29(10-8-28)23-13-22-18(12-20(23)25)24-19(14-30(22)16-4-5-16)17-11-15(27-33(31)32)3-6-21(17)26-24/h3,6,11-14,16,27H,2,4-5,7-10H2,1H3,(H,31,32). The van der Waals surface area contributed by atoms with Crippen LogP contribution in [0.1, 0.15) is 25.8 Å². The normalized spacial score (nSPS) is 18.5. The van der Waals surface area contributed by atoms with Gasteiger partial charge in [0.05, 0.1) is 22.4 Å². The molecule has 6 rings (SSSR count). The number of hydrogen-bond acceptors (Lipinski definition) is 4. The van der Waals surface area contributed by atoms with Gasteiger partial charge in [-0.2, -0.15) is 0 Å². The molecule has 2 aromatic carbocycles. The number of aromatic nitrogens is 2. The van der Waals surface area contributed by atoms with Crippen LogP contribution in [-0.4, -0.2) is 55.9 Å². The summed E-state index contributed by atoms with van der Waals surface area (Å²) >= 11 is -2.15. The Morgan fingerprint density at radius 1 is 1.15 bits per heavy atom. The van der Waals surface area contributed by atoms with Gasteiger partial charge >= 0.3 is 0 Å². The predicted octanol–water partition coefficient (Wildman–Crippen LogP) is 4.46. The SMILES string of the molecule is CCN1CCN(c2cc3c(cc2F)c2nc4ccc(NS(=O)O)cc4c-2cn3C2CC2)CC1. The Morgan fingerprint density at radius 2 is 1.94 bits per heavy atom. The van der Waals surface area contributed by atoms with Crippen LogP contribution in [0, 0.1) is 5.82 Å². The van der Waals surface area contributed by atoms with Crippen LogP contribution in [0.3, 0.4) is 0 Å². The number of halogens is 1. The molecule has 1 aliphatic carbocycles. The predicted molar refractivity (Wildman–Crippen MR) is 131 cm³/mol. The number of likely N-dealkylation sites (N-methyl/N-ethyl adjacent to an activating group) is 1. The van der Waals surface area contributed by atoms with Crippen molar-refractivity contribution in [1.82, 2.24) is 14.5 Å². The molecule has 3 heterocycles. The third-order valence-electron chi connectivity index (χ3n) is 6.95. The van der Waals surface area contributed by atoms with Crippen LogP contribution in [0.25, 0.3) is 33.1 Å². The fourth-order valence-corrected chi connectivity index (χ4v) is 5.35. The average Bonchev–Trinajstić information content (AvgIpc) is 3.59. The number of hydrogen-bond donors (Lipinski definition) is 2. The molecule has 7 nitrogen and oxygen atoms in total. The minimum Gasteiger partial charge on any atom is -0.367 e. The first-order valence-corrected chi connectivity index (χ1v) is 12.5. The molecule has 2 fully saturated rings. The third kappa shape index (κ3) is 3.64. The number of nitrogens with zero attached hydrogens (tertiary/aromatic N) is 4. The van der Waals surface area contributed by atoms with Gasteiger partial charge in [-0.05, 0) is 49.7 Å². The van der Waals surface area contributed by atoms with E-state index in [-0.39, 0.29) is 5.82 Å². The average molecular weight is 468 g/mol. The fraction of sp³-hybridized carbons (Fsp3) is 0.375.